The molecule has 0 aliphatic carbocycles. The van der Waals surface area contributed by atoms with Crippen LogP contribution in [0.25, 0.3) is 0 Å². The molecule has 0 aliphatic rings. The van der Waals surface area contributed by atoms with Crippen molar-refractivity contribution in [1.82, 2.24) is 4.90 Å². The summed E-state index contributed by atoms with van der Waals surface area (Å²) in [6.07, 6.45) is 1.62. The van der Waals surface area contributed by atoms with Crippen LogP contribution >= 0.6 is 11.6 Å². The van der Waals surface area contributed by atoms with Crippen LogP contribution in [-0.2, 0) is 6.42 Å². The van der Waals surface area contributed by atoms with E-state index in [1.165, 1.54) is 6.07 Å². The minimum absolute atomic E-state index is 0.190. The average Bonchev–Trinajstić information content (AvgIpc) is 2.17. The minimum atomic E-state index is -0.190. The number of nitrogens with zero attached hydrogens (tertiary/aromatic N) is 1. The number of aryl methyl sites for hydroxylation is 1. The zero-order chi connectivity index (χ0) is 11.4. The smallest absolute Gasteiger partial charge is 0.127 e. The van der Waals surface area contributed by atoms with Crippen molar-refractivity contribution in [3.8, 4) is 0 Å². The van der Waals surface area contributed by atoms with Gasteiger partial charge in [-0.15, -0.1) is 0 Å². The van der Waals surface area contributed by atoms with Crippen molar-refractivity contribution in [2.24, 2.45) is 0 Å². The number of hydrogen-bond acceptors (Lipinski definition) is 1. The van der Waals surface area contributed by atoms with Gasteiger partial charge in [0.15, 0.2) is 0 Å². The van der Waals surface area contributed by atoms with E-state index in [-0.39, 0.29) is 5.82 Å². The first-order chi connectivity index (χ1) is 7.02. The van der Waals surface area contributed by atoms with Crippen LogP contribution in [0.15, 0.2) is 12.1 Å². The Bertz CT molecular complexity index is 337. The quantitative estimate of drug-likeness (QED) is 0.766. The lowest BCUT2D eigenvalue weighted by Crippen LogP contribution is -2.13. The fourth-order valence-corrected chi connectivity index (χ4v) is 1.76. The Morgan fingerprint density at radius 2 is 2.00 bits per heavy atom. The Hall–Kier alpha value is -0.600. The average molecular weight is 230 g/mol. The van der Waals surface area contributed by atoms with E-state index in [4.69, 9.17) is 11.6 Å². The van der Waals surface area contributed by atoms with Crippen LogP contribution in [0.1, 0.15) is 17.5 Å². The highest BCUT2D eigenvalue weighted by atomic mass is 35.5. The zero-order valence-electron chi connectivity index (χ0n) is 9.48. The fourth-order valence-electron chi connectivity index (χ4n) is 1.52. The molecule has 0 atom stereocenters. The first-order valence-corrected chi connectivity index (χ1v) is 5.48. The molecule has 1 nitrogen and oxygen atoms in total. The maximum Gasteiger partial charge on any atom is 0.127 e. The summed E-state index contributed by atoms with van der Waals surface area (Å²) in [7, 11) is 4.02. The minimum Gasteiger partial charge on any atom is -0.309 e. The van der Waals surface area contributed by atoms with E-state index in [1.54, 1.807) is 6.07 Å². The van der Waals surface area contributed by atoms with Crippen LogP contribution in [0.4, 0.5) is 4.39 Å². The van der Waals surface area contributed by atoms with Gasteiger partial charge in [-0.2, -0.15) is 0 Å². The fraction of sp³-hybridized carbons (Fsp3) is 0.500. The SMILES string of the molecule is Cc1ccc(F)c(CCCN(C)C)c1Cl. The highest BCUT2D eigenvalue weighted by molar-refractivity contribution is 6.32. The molecule has 0 fully saturated rings. The van der Waals surface area contributed by atoms with Crippen molar-refractivity contribution in [2.75, 3.05) is 20.6 Å². The van der Waals surface area contributed by atoms with Crippen molar-refractivity contribution >= 4 is 11.6 Å². The van der Waals surface area contributed by atoms with Crippen LogP contribution in [0.5, 0.6) is 0 Å². The lowest BCUT2D eigenvalue weighted by Gasteiger charge is -2.11. The number of hydrogen-bond donors (Lipinski definition) is 0. The second kappa shape index (κ2) is 5.47. The molecule has 84 valence electrons. The van der Waals surface area contributed by atoms with E-state index >= 15 is 0 Å². The molecule has 0 amide bonds. The largest absolute Gasteiger partial charge is 0.309 e. The molecule has 0 unspecified atom stereocenters. The maximum absolute atomic E-state index is 13.5. The molecule has 15 heavy (non-hydrogen) atoms. The lowest BCUT2D eigenvalue weighted by molar-refractivity contribution is 0.399. The molecule has 3 heteroatoms. The number of rotatable bonds is 4. The van der Waals surface area contributed by atoms with Crippen LogP contribution < -0.4 is 0 Å². The Kier molecular flexibility index (Phi) is 4.55. The predicted octanol–water partition coefficient (Wildman–Crippen LogP) is 3.28. The summed E-state index contributed by atoms with van der Waals surface area (Å²) in [5.74, 6) is -0.190. The van der Waals surface area contributed by atoms with Gasteiger partial charge in [-0.05, 0) is 52.0 Å². The topological polar surface area (TPSA) is 3.24 Å². The van der Waals surface area contributed by atoms with E-state index in [2.05, 4.69) is 4.90 Å². The van der Waals surface area contributed by atoms with Crippen molar-refractivity contribution in [1.29, 1.82) is 0 Å². The molecule has 0 saturated carbocycles. The molecule has 0 radical (unpaired) electrons. The number of benzene rings is 1. The number of halogens is 2. The van der Waals surface area contributed by atoms with Gasteiger partial charge in [-0.25, -0.2) is 4.39 Å². The summed E-state index contributed by atoms with van der Waals surface area (Å²) in [6.45, 7) is 2.85. The van der Waals surface area contributed by atoms with Gasteiger partial charge < -0.3 is 4.90 Å². The third-order valence-electron chi connectivity index (χ3n) is 2.41. The van der Waals surface area contributed by atoms with Gasteiger partial charge in [0.1, 0.15) is 5.82 Å². The van der Waals surface area contributed by atoms with E-state index in [0.29, 0.717) is 17.0 Å². The molecule has 1 aromatic carbocycles. The normalized spacial score (nSPS) is 11.1. The Morgan fingerprint density at radius 3 is 2.60 bits per heavy atom. The third-order valence-corrected chi connectivity index (χ3v) is 2.94. The van der Waals surface area contributed by atoms with Crippen LogP contribution in [0, 0.1) is 12.7 Å². The van der Waals surface area contributed by atoms with Crippen LogP contribution in [0.3, 0.4) is 0 Å². The van der Waals surface area contributed by atoms with Crippen LogP contribution in [-0.4, -0.2) is 25.5 Å². The first-order valence-electron chi connectivity index (χ1n) is 5.10. The van der Waals surface area contributed by atoms with Gasteiger partial charge in [0.05, 0.1) is 0 Å². The summed E-state index contributed by atoms with van der Waals surface area (Å²) in [6, 6.07) is 3.21. The van der Waals surface area contributed by atoms with Crippen molar-refractivity contribution in [3.05, 3.63) is 34.1 Å². The molecule has 0 saturated heterocycles. The van der Waals surface area contributed by atoms with Gasteiger partial charge in [-0.3, -0.25) is 0 Å². The highest BCUT2D eigenvalue weighted by Gasteiger charge is 2.09. The molecule has 0 heterocycles. The molecule has 0 aromatic heterocycles. The molecular weight excluding hydrogens is 213 g/mol. The molecule has 0 spiro atoms. The first kappa shape index (κ1) is 12.5. The van der Waals surface area contributed by atoms with Gasteiger partial charge >= 0.3 is 0 Å². The summed E-state index contributed by atoms with van der Waals surface area (Å²) in [5, 5.41) is 0.578. The monoisotopic (exact) mass is 229 g/mol. The Labute approximate surface area is 95.8 Å². The Morgan fingerprint density at radius 1 is 1.33 bits per heavy atom. The zero-order valence-corrected chi connectivity index (χ0v) is 10.2. The molecule has 1 aromatic rings. The van der Waals surface area contributed by atoms with Crippen LogP contribution in [0.2, 0.25) is 5.02 Å². The van der Waals surface area contributed by atoms with E-state index in [1.807, 2.05) is 21.0 Å². The molecule has 1 rings (SSSR count). The molecular formula is C12H17ClFN. The standard InChI is InChI=1S/C12H17ClFN/c1-9-6-7-11(14)10(12(9)13)5-4-8-15(2)3/h6-7H,4-5,8H2,1-3H3. The van der Waals surface area contributed by atoms with Crippen molar-refractivity contribution < 1.29 is 4.39 Å². The lowest BCUT2D eigenvalue weighted by atomic mass is 10.1. The summed E-state index contributed by atoms with van der Waals surface area (Å²) in [4.78, 5) is 2.08. The van der Waals surface area contributed by atoms with Crippen molar-refractivity contribution in [2.45, 2.75) is 19.8 Å². The summed E-state index contributed by atoms with van der Waals surface area (Å²) >= 11 is 6.06. The van der Waals surface area contributed by atoms with Gasteiger partial charge in [-0.1, -0.05) is 17.7 Å². The summed E-state index contributed by atoms with van der Waals surface area (Å²) < 4.78 is 13.5. The van der Waals surface area contributed by atoms with Gasteiger partial charge in [0.2, 0.25) is 0 Å². The predicted molar refractivity (Wildman–Crippen MR) is 63.0 cm³/mol. The third kappa shape index (κ3) is 3.47. The van der Waals surface area contributed by atoms with Gasteiger partial charge in [0, 0.05) is 10.6 Å². The van der Waals surface area contributed by atoms with Crippen molar-refractivity contribution in [3.63, 3.8) is 0 Å². The maximum atomic E-state index is 13.5. The second-order valence-electron chi connectivity index (χ2n) is 4.06. The molecule has 0 aliphatic heterocycles. The van der Waals surface area contributed by atoms with E-state index in [0.717, 1.165) is 18.5 Å². The molecule has 0 N–H and O–H groups in total. The summed E-state index contributed by atoms with van der Waals surface area (Å²) in [5.41, 5.74) is 1.59. The van der Waals surface area contributed by atoms with E-state index in [9.17, 15) is 4.39 Å². The molecule has 0 bridgehead atoms. The van der Waals surface area contributed by atoms with E-state index < -0.39 is 0 Å². The Balaban J connectivity index is 2.71. The highest BCUT2D eigenvalue weighted by Crippen LogP contribution is 2.24. The van der Waals surface area contributed by atoms with Gasteiger partial charge in [0.25, 0.3) is 0 Å². The second-order valence-corrected chi connectivity index (χ2v) is 4.44.